The van der Waals surface area contributed by atoms with Crippen LogP contribution in [0.5, 0.6) is 0 Å². The molecule has 0 radical (unpaired) electrons. The molecule has 0 aliphatic carbocycles. The lowest BCUT2D eigenvalue weighted by Crippen LogP contribution is -2.38. The highest BCUT2D eigenvalue weighted by Gasteiger charge is 2.27. The Kier molecular flexibility index (Phi) is 7.67. The van der Waals surface area contributed by atoms with Crippen molar-refractivity contribution in [3.63, 3.8) is 0 Å². The summed E-state index contributed by atoms with van der Waals surface area (Å²) in [7, 11) is 1.48. The Morgan fingerprint density at radius 3 is 2.53 bits per heavy atom. The fraction of sp³-hybridized carbons (Fsp3) is 1.00. The van der Waals surface area contributed by atoms with E-state index in [0.29, 0.717) is 6.61 Å². The summed E-state index contributed by atoms with van der Waals surface area (Å²) < 4.78 is 44.0. The van der Waals surface area contributed by atoms with E-state index in [4.69, 9.17) is 9.84 Å². The van der Waals surface area contributed by atoms with Crippen molar-refractivity contribution in [2.45, 2.75) is 12.2 Å². The summed E-state index contributed by atoms with van der Waals surface area (Å²) >= 11 is 0. The standard InChI is InChI=1S/C8H16F3NO3/c1-14-5-7(4-13)12-2-3-15-6-8(9,10)11/h7,12-13H,2-6H2,1H3. The summed E-state index contributed by atoms with van der Waals surface area (Å²) in [6, 6.07) is -0.274. The van der Waals surface area contributed by atoms with Crippen LogP contribution in [-0.4, -0.2) is 57.4 Å². The van der Waals surface area contributed by atoms with Crippen molar-refractivity contribution in [3.05, 3.63) is 0 Å². The molecule has 0 saturated heterocycles. The molecular weight excluding hydrogens is 215 g/mol. The van der Waals surface area contributed by atoms with Gasteiger partial charge in [0.15, 0.2) is 0 Å². The van der Waals surface area contributed by atoms with Gasteiger partial charge in [0, 0.05) is 13.7 Å². The van der Waals surface area contributed by atoms with E-state index >= 15 is 0 Å². The maximum atomic E-state index is 11.6. The molecule has 92 valence electrons. The van der Waals surface area contributed by atoms with E-state index in [-0.39, 0.29) is 25.8 Å². The molecule has 1 unspecified atom stereocenters. The Labute approximate surface area is 86.4 Å². The molecule has 1 atom stereocenters. The molecule has 0 fully saturated rings. The normalized spacial score (nSPS) is 14.2. The average molecular weight is 231 g/mol. The molecule has 0 heterocycles. The van der Waals surface area contributed by atoms with E-state index in [1.807, 2.05) is 0 Å². The molecule has 0 aliphatic heterocycles. The number of nitrogens with one attached hydrogen (secondary N) is 1. The zero-order valence-electron chi connectivity index (χ0n) is 8.51. The molecule has 2 N–H and O–H groups in total. The topological polar surface area (TPSA) is 50.7 Å². The molecule has 0 aromatic rings. The monoisotopic (exact) mass is 231 g/mol. The minimum Gasteiger partial charge on any atom is -0.395 e. The van der Waals surface area contributed by atoms with E-state index in [9.17, 15) is 13.2 Å². The van der Waals surface area contributed by atoms with Crippen molar-refractivity contribution < 1.29 is 27.8 Å². The van der Waals surface area contributed by atoms with Gasteiger partial charge in [0.2, 0.25) is 0 Å². The number of ether oxygens (including phenoxy) is 2. The van der Waals surface area contributed by atoms with Crippen LogP contribution in [0.3, 0.4) is 0 Å². The number of hydrogen-bond acceptors (Lipinski definition) is 4. The zero-order chi connectivity index (χ0) is 11.7. The van der Waals surface area contributed by atoms with Crippen LogP contribution in [-0.2, 0) is 9.47 Å². The Balaban J connectivity index is 3.36. The molecule has 0 rings (SSSR count). The first kappa shape index (κ1) is 14.6. The van der Waals surface area contributed by atoms with Crippen LogP contribution in [0.1, 0.15) is 0 Å². The van der Waals surface area contributed by atoms with Gasteiger partial charge in [0.25, 0.3) is 0 Å². The van der Waals surface area contributed by atoms with Crippen molar-refractivity contribution in [2.75, 3.05) is 40.1 Å². The van der Waals surface area contributed by atoms with Crippen molar-refractivity contribution in [2.24, 2.45) is 0 Å². The van der Waals surface area contributed by atoms with E-state index in [1.54, 1.807) is 0 Å². The minimum absolute atomic E-state index is 0.0558. The van der Waals surface area contributed by atoms with Crippen molar-refractivity contribution >= 4 is 0 Å². The highest BCUT2D eigenvalue weighted by molar-refractivity contribution is 4.63. The first-order valence-electron chi connectivity index (χ1n) is 4.47. The molecule has 0 amide bonds. The van der Waals surface area contributed by atoms with Crippen LogP contribution < -0.4 is 5.32 Å². The van der Waals surface area contributed by atoms with E-state index in [1.165, 1.54) is 7.11 Å². The zero-order valence-corrected chi connectivity index (χ0v) is 8.51. The second-order valence-corrected chi connectivity index (χ2v) is 2.96. The summed E-state index contributed by atoms with van der Waals surface area (Å²) in [6.45, 7) is -0.893. The van der Waals surface area contributed by atoms with Crippen molar-refractivity contribution in [1.82, 2.24) is 5.32 Å². The van der Waals surface area contributed by atoms with Crippen LogP contribution in [0.2, 0.25) is 0 Å². The molecule has 0 aliphatic rings. The molecule has 15 heavy (non-hydrogen) atoms. The average Bonchev–Trinajstić information content (AvgIpc) is 2.14. The first-order valence-corrected chi connectivity index (χ1v) is 4.47. The highest BCUT2D eigenvalue weighted by atomic mass is 19.4. The molecule has 4 nitrogen and oxygen atoms in total. The predicted molar refractivity (Wildman–Crippen MR) is 47.6 cm³/mol. The summed E-state index contributed by atoms with van der Waals surface area (Å²) in [6.07, 6.45) is -4.29. The molecule has 0 saturated carbocycles. The third-order valence-electron chi connectivity index (χ3n) is 1.53. The van der Waals surface area contributed by atoms with Gasteiger partial charge in [-0.3, -0.25) is 0 Å². The quantitative estimate of drug-likeness (QED) is 0.584. The van der Waals surface area contributed by atoms with E-state index in [2.05, 4.69) is 10.1 Å². The number of aliphatic hydroxyl groups is 1. The summed E-state index contributed by atoms with van der Waals surface area (Å²) in [5.41, 5.74) is 0. The third kappa shape index (κ3) is 9.92. The molecule has 0 aromatic heterocycles. The molecule has 0 spiro atoms. The van der Waals surface area contributed by atoms with Gasteiger partial charge in [-0.2, -0.15) is 13.2 Å². The van der Waals surface area contributed by atoms with Crippen LogP contribution >= 0.6 is 0 Å². The SMILES string of the molecule is COCC(CO)NCCOCC(F)(F)F. The fourth-order valence-corrected chi connectivity index (χ4v) is 0.900. The Hall–Kier alpha value is -0.370. The summed E-state index contributed by atoms with van der Waals surface area (Å²) in [4.78, 5) is 0. The lowest BCUT2D eigenvalue weighted by molar-refractivity contribution is -0.173. The number of rotatable bonds is 8. The summed E-state index contributed by atoms with van der Waals surface area (Å²) in [5, 5.41) is 11.6. The number of halogens is 3. The Morgan fingerprint density at radius 1 is 1.40 bits per heavy atom. The van der Waals surface area contributed by atoms with Gasteiger partial charge < -0.3 is 19.9 Å². The Morgan fingerprint density at radius 2 is 2.07 bits per heavy atom. The highest BCUT2D eigenvalue weighted by Crippen LogP contribution is 2.13. The molecule has 0 bridgehead atoms. The summed E-state index contributed by atoms with van der Waals surface area (Å²) in [5.74, 6) is 0. The number of alkyl halides is 3. The Bertz CT molecular complexity index is 155. The minimum atomic E-state index is -4.29. The maximum absolute atomic E-state index is 11.6. The van der Waals surface area contributed by atoms with Gasteiger partial charge in [0.1, 0.15) is 6.61 Å². The van der Waals surface area contributed by atoms with Crippen molar-refractivity contribution in [3.8, 4) is 0 Å². The smallest absolute Gasteiger partial charge is 0.395 e. The lowest BCUT2D eigenvalue weighted by Gasteiger charge is -2.15. The molecule has 7 heteroatoms. The van der Waals surface area contributed by atoms with Crippen LogP contribution in [0.25, 0.3) is 0 Å². The maximum Gasteiger partial charge on any atom is 0.411 e. The fourth-order valence-electron chi connectivity index (χ4n) is 0.900. The van der Waals surface area contributed by atoms with Gasteiger partial charge in [-0.1, -0.05) is 0 Å². The largest absolute Gasteiger partial charge is 0.411 e. The number of hydrogen-bond donors (Lipinski definition) is 2. The number of methoxy groups -OCH3 is 1. The second kappa shape index (κ2) is 7.86. The predicted octanol–water partition coefficient (Wildman–Crippen LogP) is 0.162. The number of aliphatic hydroxyl groups excluding tert-OH is 1. The van der Waals surface area contributed by atoms with Gasteiger partial charge >= 0.3 is 6.18 Å². The third-order valence-corrected chi connectivity index (χ3v) is 1.53. The lowest BCUT2D eigenvalue weighted by atomic mass is 10.3. The van der Waals surface area contributed by atoms with E-state index < -0.39 is 12.8 Å². The first-order chi connectivity index (χ1) is 6.99. The van der Waals surface area contributed by atoms with Crippen LogP contribution in [0.15, 0.2) is 0 Å². The van der Waals surface area contributed by atoms with Gasteiger partial charge in [-0.05, 0) is 0 Å². The van der Waals surface area contributed by atoms with Crippen LogP contribution in [0, 0.1) is 0 Å². The van der Waals surface area contributed by atoms with Gasteiger partial charge in [-0.25, -0.2) is 0 Å². The molecular formula is C8H16F3NO3. The van der Waals surface area contributed by atoms with Crippen LogP contribution in [0.4, 0.5) is 13.2 Å². The second-order valence-electron chi connectivity index (χ2n) is 2.96. The van der Waals surface area contributed by atoms with Crippen molar-refractivity contribution in [1.29, 1.82) is 0 Å². The van der Waals surface area contributed by atoms with Gasteiger partial charge in [-0.15, -0.1) is 0 Å². The van der Waals surface area contributed by atoms with E-state index in [0.717, 1.165) is 0 Å². The van der Waals surface area contributed by atoms with Gasteiger partial charge in [0.05, 0.1) is 25.9 Å². The molecule has 0 aromatic carbocycles.